The number of nitrogens with zero attached hydrogens (tertiary/aromatic N) is 4. The molecule has 0 bridgehead atoms. The molecule has 1 heterocycles. The molecule has 1 aromatic heterocycles. The summed E-state index contributed by atoms with van der Waals surface area (Å²) in [5.74, 6) is 1.02. The van der Waals surface area contributed by atoms with Gasteiger partial charge in [0, 0.05) is 19.7 Å². The standard InChI is InChI=1S/C26H34N4O5S/c1-8-22(34-21-15-13-20(14-16-21)30(6)36(7,32)33)25(31)29(5)17-23-27-24(28-35-23)18-9-11-19(12-10-18)26(2,3)4/h9-16,22H,8,17H2,1-7H3/t22-/m0/s1. The predicted octanol–water partition coefficient (Wildman–Crippen LogP) is 4.25. The van der Waals surface area contributed by atoms with Crippen molar-refractivity contribution in [3.8, 4) is 17.1 Å². The van der Waals surface area contributed by atoms with E-state index in [1.807, 2.05) is 19.1 Å². The van der Waals surface area contributed by atoms with E-state index in [2.05, 4.69) is 43.0 Å². The van der Waals surface area contributed by atoms with Crippen molar-refractivity contribution in [2.45, 2.75) is 52.2 Å². The molecule has 1 amide bonds. The molecule has 9 nitrogen and oxygen atoms in total. The second kappa shape index (κ2) is 10.7. The number of rotatable bonds is 9. The normalized spacial score (nSPS) is 12.8. The van der Waals surface area contributed by atoms with Crippen LogP contribution in [0.2, 0.25) is 0 Å². The molecular weight excluding hydrogens is 480 g/mol. The molecule has 194 valence electrons. The summed E-state index contributed by atoms with van der Waals surface area (Å²) in [6, 6.07) is 14.6. The molecule has 3 aromatic rings. The van der Waals surface area contributed by atoms with Gasteiger partial charge in [-0.2, -0.15) is 4.98 Å². The third-order valence-electron chi connectivity index (χ3n) is 5.85. The predicted molar refractivity (Wildman–Crippen MR) is 139 cm³/mol. The molecule has 0 saturated carbocycles. The Morgan fingerprint density at radius 1 is 1.06 bits per heavy atom. The van der Waals surface area contributed by atoms with Crippen molar-refractivity contribution in [1.29, 1.82) is 0 Å². The number of ether oxygens (including phenoxy) is 1. The number of carbonyl (C=O) groups excluding carboxylic acids is 1. The summed E-state index contributed by atoms with van der Waals surface area (Å²) in [4.78, 5) is 19.0. The molecule has 0 saturated heterocycles. The van der Waals surface area contributed by atoms with E-state index in [1.54, 1.807) is 31.3 Å². The number of carbonyl (C=O) groups is 1. The van der Waals surface area contributed by atoms with E-state index in [0.29, 0.717) is 29.6 Å². The van der Waals surface area contributed by atoms with Crippen molar-refractivity contribution in [2.24, 2.45) is 0 Å². The van der Waals surface area contributed by atoms with E-state index in [0.717, 1.165) is 11.8 Å². The molecule has 0 aliphatic carbocycles. The van der Waals surface area contributed by atoms with E-state index >= 15 is 0 Å². The van der Waals surface area contributed by atoms with Crippen molar-refractivity contribution >= 4 is 21.6 Å². The fraction of sp³-hybridized carbons (Fsp3) is 0.423. The average Bonchev–Trinajstić information content (AvgIpc) is 3.29. The maximum Gasteiger partial charge on any atom is 0.263 e. The Hall–Kier alpha value is -3.40. The molecule has 2 aromatic carbocycles. The molecule has 10 heteroatoms. The molecule has 0 unspecified atom stereocenters. The van der Waals surface area contributed by atoms with Crippen LogP contribution in [0, 0.1) is 0 Å². The van der Waals surface area contributed by atoms with E-state index in [1.165, 1.54) is 21.8 Å². The highest BCUT2D eigenvalue weighted by Crippen LogP contribution is 2.25. The summed E-state index contributed by atoms with van der Waals surface area (Å²) in [5.41, 5.74) is 2.60. The lowest BCUT2D eigenvalue weighted by atomic mass is 9.87. The Bertz CT molecular complexity index is 1280. The Morgan fingerprint density at radius 2 is 1.67 bits per heavy atom. The fourth-order valence-electron chi connectivity index (χ4n) is 3.48. The van der Waals surface area contributed by atoms with Crippen LogP contribution in [0.4, 0.5) is 5.69 Å². The maximum absolute atomic E-state index is 13.0. The molecule has 0 fully saturated rings. The van der Waals surface area contributed by atoms with Gasteiger partial charge < -0.3 is 14.2 Å². The molecule has 0 radical (unpaired) electrons. The number of likely N-dealkylation sites (N-methyl/N-ethyl adjacent to an activating group) is 1. The van der Waals surface area contributed by atoms with Gasteiger partial charge in [-0.25, -0.2) is 8.42 Å². The summed E-state index contributed by atoms with van der Waals surface area (Å²) in [6.07, 6.45) is 0.859. The topological polar surface area (TPSA) is 106 Å². The Balaban J connectivity index is 1.63. The molecule has 0 spiro atoms. The van der Waals surface area contributed by atoms with Crippen molar-refractivity contribution < 1.29 is 22.5 Å². The van der Waals surface area contributed by atoms with Crippen molar-refractivity contribution in [1.82, 2.24) is 15.0 Å². The minimum atomic E-state index is -3.36. The summed E-state index contributed by atoms with van der Waals surface area (Å²) >= 11 is 0. The number of hydrogen-bond acceptors (Lipinski definition) is 7. The Labute approximate surface area is 213 Å². The van der Waals surface area contributed by atoms with Gasteiger partial charge >= 0.3 is 0 Å². The van der Waals surface area contributed by atoms with Crippen LogP contribution in [-0.4, -0.2) is 55.8 Å². The zero-order chi connectivity index (χ0) is 26.7. The summed E-state index contributed by atoms with van der Waals surface area (Å²) in [5, 5.41) is 4.06. The fourth-order valence-corrected chi connectivity index (χ4v) is 3.99. The summed E-state index contributed by atoms with van der Waals surface area (Å²) in [7, 11) is -0.235. The maximum atomic E-state index is 13.0. The van der Waals surface area contributed by atoms with Crippen molar-refractivity contribution in [3.05, 3.63) is 60.0 Å². The van der Waals surface area contributed by atoms with Gasteiger partial charge in [0.15, 0.2) is 6.10 Å². The molecular formula is C26H34N4O5S. The van der Waals surface area contributed by atoms with Crippen LogP contribution in [-0.2, 0) is 26.8 Å². The van der Waals surface area contributed by atoms with E-state index < -0.39 is 16.1 Å². The van der Waals surface area contributed by atoms with Crippen LogP contribution in [0.1, 0.15) is 45.6 Å². The van der Waals surface area contributed by atoms with Gasteiger partial charge in [0.25, 0.3) is 5.91 Å². The SMILES string of the molecule is CC[C@H](Oc1ccc(N(C)S(C)(=O)=O)cc1)C(=O)N(C)Cc1nc(-c2ccc(C(C)(C)C)cc2)no1. The van der Waals surface area contributed by atoms with Gasteiger partial charge in [-0.15, -0.1) is 0 Å². The van der Waals surface area contributed by atoms with Crippen LogP contribution in [0.5, 0.6) is 5.75 Å². The smallest absolute Gasteiger partial charge is 0.263 e. The lowest BCUT2D eigenvalue weighted by Crippen LogP contribution is -2.39. The van der Waals surface area contributed by atoms with Crippen LogP contribution in [0.25, 0.3) is 11.4 Å². The average molecular weight is 515 g/mol. The molecule has 3 rings (SSSR count). The second-order valence-electron chi connectivity index (χ2n) is 9.77. The molecule has 0 aliphatic rings. The third-order valence-corrected chi connectivity index (χ3v) is 7.05. The quantitative estimate of drug-likeness (QED) is 0.420. The molecule has 0 aliphatic heterocycles. The number of hydrogen-bond donors (Lipinski definition) is 0. The van der Waals surface area contributed by atoms with E-state index in [9.17, 15) is 13.2 Å². The Kier molecular flexibility index (Phi) is 8.08. The largest absolute Gasteiger partial charge is 0.481 e. The number of anilines is 1. The first-order valence-electron chi connectivity index (χ1n) is 11.7. The van der Waals surface area contributed by atoms with E-state index in [-0.39, 0.29) is 17.9 Å². The lowest BCUT2D eigenvalue weighted by Gasteiger charge is -2.23. The Morgan fingerprint density at radius 3 is 2.19 bits per heavy atom. The minimum Gasteiger partial charge on any atom is -0.481 e. The molecule has 36 heavy (non-hydrogen) atoms. The van der Waals surface area contributed by atoms with E-state index in [4.69, 9.17) is 9.26 Å². The van der Waals surface area contributed by atoms with Gasteiger partial charge in [0.2, 0.25) is 21.7 Å². The van der Waals surface area contributed by atoms with Gasteiger partial charge in [-0.05, 0) is 41.7 Å². The highest BCUT2D eigenvalue weighted by atomic mass is 32.2. The van der Waals surface area contributed by atoms with Gasteiger partial charge in [-0.1, -0.05) is 57.1 Å². The number of aromatic nitrogens is 2. The third kappa shape index (κ3) is 6.63. The lowest BCUT2D eigenvalue weighted by molar-refractivity contribution is -0.138. The highest BCUT2D eigenvalue weighted by molar-refractivity contribution is 7.92. The molecule has 0 N–H and O–H groups in total. The molecule has 1 atom stereocenters. The van der Waals surface area contributed by atoms with Crippen LogP contribution < -0.4 is 9.04 Å². The first-order chi connectivity index (χ1) is 16.8. The number of sulfonamides is 1. The van der Waals surface area contributed by atoms with Gasteiger partial charge in [-0.3, -0.25) is 9.10 Å². The van der Waals surface area contributed by atoms with Crippen molar-refractivity contribution in [3.63, 3.8) is 0 Å². The monoisotopic (exact) mass is 514 g/mol. The van der Waals surface area contributed by atoms with Crippen LogP contribution in [0.3, 0.4) is 0 Å². The zero-order valence-corrected chi connectivity index (χ0v) is 22.7. The van der Waals surface area contributed by atoms with Gasteiger partial charge in [0.1, 0.15) is 5.75 Å². The van der Waals surface area contributed by atoms with Crippen LogP contribution >= 0.6 is 0 Å². The first-order valence-corrected chi connectivity index (χ1v) is 13.5. The summed E-state index contributed by atoms with van der Waals surface area (Å²) < 4.78 is 35.9. The minimum absolute atomic E-state index is 0.0520. The number of amides is 1. The zero-order valence-electron chi connectivity index (χ0n) is 21.8. The first kappa shape index (κ1) is 27.2. The van der Waals surface area contributed by atoms with Crippen LogP contribution in [0.15, 0.2) is 53.1 Å². The highest BCUT2D eigenvalue weighted by Gasteiger charge is 2.24. The van der Waals surface area contributed by atoms with Gasteiger partial charge in [0.05, 0.1) is 18.5 Å². The number of benzene rings is 2. The van der Waals surface area contributed by atoms with Crippen molar-refractivity contribution in [2.75, 3.05) is 24.7 Å². The summed E-state index contributed by atoms with van der Waals surface area (Å²) in [6.45, 7) is 8.46. The second-order valence-corrected chi connectivity index (χ2v) is 11.8.